The molecule has 0 aromatic heterocycles. The van der Waals surface area contributed by atoms with Gasteiger partial charge in [-0.1, -0.05) is 6.07 Å². The molecule has 6 heteroatoms. The summed E-state index contributed by atoms with van der Waals surface area (Å²) in [5.41, 5.74) is -0.658. The van der Waals surface area contributed by atoms with Gasteiger partial charge in [-0.3, -0.25) is 0 Å². The fourth-order valence-corrected chi connectivity index (χ4v) is 1.71. The molecule has 0 spiro atoms. The van der Waals surface area contributed by atoms with Crippen molar-refractivity contribution >= 4 is 5.57 Å². The van der Waals surface area contributed by atoms with Crippen LogP contribution < -0.4 is 5.32 Å². The van der Waals surface area contributed by atoms with Crippen LogP contribution >= 0.6 is 0 Å². The Balaban J connectivity index is 2.45. The van der Waals surface area contributed by atoms with E-state index in [9.17, 15) is 17.6 Å². The highest BCUT2D eigenvalue weighted by molar-refractivity contribution is 5.76. The predicted octanol–water partition coefficient (Wildman–Crippen LogP) is 3.24. The second kappa shape index (κ2) is 4.76. The largest absolute Gasteiger partial charge is 0.419 e. The van der Waals surface area contributed by atoms with Gasteiger partial charge in [0, 0.05) is 0 Å². The van der Waals surface area contributed by atoms with Gasteiger partial charge in [0.1, 0.15) is 11.9 Å². The second-order valence-electron chi connectivity index (χ2n) is 3.92. The van der Waals surface area contributed by atoms with Gasteiger partial charge in [-0.05, 0) is 41.6 Å². The summed E-state index contributed by atoms with van der Waals surface area (Å²) >= 11 is 0. The third kappa shape index (κ3) is 2.76. The van der Waals surface area contributed by atoms with Gasteiger partial charge in [0.2, 0.25) is 0 Å². The van der Waals surface area contributed by atoms with Crippen LogP contribution in [0.15, 0.2) is 36.6 Å². The van der Waals surface area contributed by atoms with E-state index in [0.717, 1.165) is 12.1 Å². The minimum atomic E-state index is -4.74. The molecule has 0 bridgehead atoms. The maximum atomic E-state index is 13.2. The zero-order valence-corrected chi connectivity index (χ0v) is 9.50. The van der Waals surface area contributed by atoms with Crippen molar-refractivity contribution in [2.24, 2.45) is 0 Å². The summed E-state index contributed by atoms with van der Waals surface area (Å²) in [5, 5.41) is 11.5. The Bertz CT molecular complexity index is 594. The number of nitrogens with zero attached hydrogens (tertiary/aromatic N) is 1. The molecule has 0 aliphatic carbocycles. The van der Waals surface area contributed by atoms with Crippen molar-refractivity contribution in [1.82, 2.24) is 5.32 Å². The lowest BCUT2D eigenvalue weighted by Crippen LogP contribution is -2.22. The number of nitriles is 1. The summed E-state index contributed by atoms with van der Waals surface area (Å²) in [4.78, 5) is 0. The third-order valence-electron chi connectivity index (χ3n) is 2.63. The SMILES string of the molecule is N#CC1C=C(c2ccc(F)c(C(F)(F)F)c2)C=CN1. The molecule has 2 rings (SSSR count). The van der Waals surface area contributed by atoms with Crippen LogP contribution in [0.4, 0.5) is 17.6 Å². The number of hydrogen-bond donors (Lipinski definition) is 1. The Morgan fingerprint density at radius 2 is 2.00 bits per heavy atom. The monoisotopic (exact) mass is 268 g/mol. The number of allylic oxidation sites excluding steroid dienone is 2. The van der Waals surface area contributed by atoms with E-state index in [1.54, 1.807) is 0 Å². The minimum Gasteiger partial charge on any atom is -0.373 e. The highest BCUT2D eigenvalue weighted by atomic mass is 19.4. The van der Waals surface area contributed by atoms with Crippen LogP contribution in [0.25, 0.3) is 5.57 Å². The summed E-state index contributed by atoms with van der Waals surface area (Å²) in [7, 11) is 0. The summed E-state index contributed by atoms with van der Waals surface area (Å²) in [6.07, 6.45) is -0.264. The molecule has 0 fully saturated rings. The molecule has 1 aromatic carbocycles. The molecule has 19 heavy (non-hydrogen) atoms. The van der Waals surface area contributed by atoms with Crippen LogP contribution in [0, 0.1) is 17.1 Å². The molecule has 1 aliphatic rings. The second-order valence-corrected chi connectivity index (χ2v) is 3.92. The maximum absolute atomic E-state index is 13.2. The normalized spacial score (nSPS) is 18.5. The first-order chi connectivity index (χ1) is 8.91. The van der Waals surface area contributed by atoms with Crippen molar-refractivity contribution in [3.8, 4) is 6.07 Å². The maximum Gasteiger partial charge on any atom is 0.419 e. The molecule has 0 amide bonds. The molecule has 0 saturated heterocycles. The van der Waals surface area contributed by atoms with Crippen LogP contribution in [0.5, 0.6) is 0 Å². The number of dihydropyridines is 1. The zero-order valence-electron chi connectivity index (χ0n) is 9.50. The Morgan fingerprint density at radius 3 is 2.63 bits per heavy atom. The highest BCUT2D eigenvalue weighted by Gasteiger charge is 2.34. The number of halogens is 4. The van der Waals surface area contributed by atoms with E-state index in [0.29, 0.717) is 5.57 Å². The first-order valence-corrected chi connectivity index (χ1v) is 5.33. The van der Waals surface area contributed by atoms with Gasteiger partial charge < -0.3 is 5.32 Å². The molecule has 1 heterocycles. The first kappa shape index (κ1) is 13.1. The van der Waals surface area contributed by atoms with Crippen molar-refractivity contribution in [3.05, 3.63) is 53.5 Å². The number of benzene rings is 1. The van der Waals surface area contributed by atoms with E-state index < -0.39 is 23.6 Å². The van der Waals surface area contributed by atoms with Gasteiger partial charge in [0.15, 0.2) is 0 Å². The summed E-state index contributed by atoms with van der Waals surface area (Å²) < 4.78 is 50.9. The Morgan fingerprint density at radius 1 is 1.26 bits per heavy atom. The molecule has 1 aromatic rings. The molecular weight excluding hydrogens is 260 g/mol. The molecule has 1 unspecified atom stereocenters. The van der Waals surface area contributed by atoms with Crippen molar-refractivity contribution in [2.75, 3.05) is 0 Å². The standard InChI is InChI=1S/C13H8F4N2/c14-12-2-1-8(6-11(12)13(15,16)17)9-3-4-19-10(5-9)7-18/h1-6,10,19H. The quantitative estimate of drug-likeness (QED) is 0.794. The molecule has 0 radical (unpaired) electrons. The van der Waals surface area contributed by atoms with E-state index in [4.69, 9.17) is 5.26 Å². The van der Waals surface area contributed by atoms with E-state index in [1.165, 1.54) is 24.4 Å². The molecule has 98 valence electrons. The van der Waals surface area contributed by atoms with Crippen LogP contribution in [0.1, 0.15) is 11.1 Å². The van der Waals surface area contributed by atoms with Crippen molar-refractivity contribution < 1.29 is 17.6 Å². The molecule has 1 N–H and O–H groups in total. The minimum absolute atomic E-state index is 0.215. The molecule has 0 saturated carbocycles. The Hall–Kier alpha value is -2.29. The Kier molecular flexibility index (Phi) is 3.30. The van der Waals surface area contributed by atoms with E-state index >= 15 is 0 Å². The lowest BCUT2D eigenvalue weighted by molar-refractivity contribution is -0.140. The average Bonchev–Trinajstić information content (AvgIpc) is 2.38. The van der Waals surface area contributed by atoms with E-state index in [-0.39, 0.29) is 5.56 Å². The lowest BCUT2D eigenvalue weighted by atomic mass is 9.99. The molecular formula is C13H8F4N2. The summed E-state index contributed by atoms with van der Waals surface area (Å²) in [6.45, 7) is 0. The number of hydrogen-bond acceptors (Lipinski definition) is 2. The fourth-order valence-electron chi connectivity index (χ4n) is 1.71. The number of rotatable bonds is 1. The van der Waals surface area contributed by atoms with E-state index in [2.05, 4.69) is 5.32 Å². The van der Waals surface area contributed by atoms with Gasteiger partial charge in [0.05, 0.1) is 11.6 Å². The Labute approximate surface area is 106 Å². The van der Waals surface area contributed by atoms with Crippen molar-refractivity contribution in [2.45, 2.75) is 12.2 Å². The topological polar surface area (TPSA) is 35.8 Å². The van der Waals surface area contributed by atoms with E-state index in [1.807, 2.05) is 6.07 Å². The molecule has 1 aliphatic heterocycles. The third-order valence-corrected chi connectivity index (χ3v) is 2.63. The van der Waals surface area contributed by atoms with Crippen LogP contribution in [-0.4, -0.2) is 6.04 Å². The summed E-state index contributed by atoms with van der Waals surface area (Å²) in [6, 6.07) is 4.08. The number of alkyl halides is 3. The van der Waals surface area contributed by atoms with Gasteiger partial charge in [-0.15, -0.1) is 0 Å². The van der Waals surface area contributed by atoms with Gasteiger partial charge in [-0.25, -0.2) is 4.39 Å². The van der Waals surface area contributed by atoms with Gasteiger partial charge in [0.25, 0.3) is 0 Å². The molecule has 1 atom stereocenters. The van der Waals surface area contributed by atoms with Gasteiger partial charge in [-0.2, -0.15) is 18.4 Å². The average molecular weight is 268 g/mol. The van der Waals surface area contributed by atoms with Crippen LogP contribution in [-0.2, 0) is 6.18 Å². The van der Waals surface area contributed by atoms with Crippen LogP contribution in [0.2, 0.25) is 0 Å². The van der Waals surface area contributed by atoms with Crippen molar-refractivity contribution in [1.29, 1.82) is 5.26 Å². The van der Waals surface area contributed by atoms with Crippen LogP contribution in [0.3, 0.4) is 0 Å². The van der Waals surface area contributed by atoms with Crippen molar-refractivity contribution in [3.63, 3.8) is 0 Å². The highest BCUT2D eigenvalue weighted by Crippen LogP contribution is 2.33. The fraction of sp³-hybridized carbons (Fsp3) is 0.154. The smallest absolute Gasteiger partial charge is 0.373 e. The zero-order chi connectivity index (χ0) is 14.0. The summed E-state index contributed by atoms with van der Waals surface area (Å²) in [5.74, 6) is -1.31. The number of nitrogens with one attached hydrogen (secondary N) is 1. The predicted molar refractivity (Wildman–Crippen MR) is 61.1 cm³/mol. The lowest BCUT2D eigenvalue weighted by Gasteiger charge is -2.15. The van der Waals surface area contributed by atoms with Gasteiger partial charge >= 0.3 is 6.18 Å². The molecule has 2 nitrogen and oxygen atoms in total. The first-order valence-electron chi connectivity index (χ1n) is 5.33.